The van der Waals surface area contributed by atoms with Crippen LogP contribution < -0.4 is 0 Å². The van der Waals surface area contributed by atoms with Crippen LogP contribution in [0.15, 0.2) is 48.5 Å². The van der Waals surface area contributed by atoms with Gasteiger partial charge in [-0.25, -0.2) is 0 Å². The average Bonchev–Trinajstić information content (AvgIpc) is 2.81. The molecule has 2 heterocycles. The first-order valence-electron chi connectivity index (χ1n) is 7.95. The highest BCUT2D eigenvalue weighted by Crippen LogP contribution is 2.39. The smallest absolute Gasteiger partial charge is 0.123 e. The largest absolute Gasteiger partial charge is 0.362 e. The number of fused-ring (bicyclic) bond motifs is 3. The molecule has 0 saturated carbocycles. The predicted octanol–water partition coefficient (Wildman–Crippen LogP) is 4.77. The van der Waals surface area contributed by atoms with Gasteiger partial charge in [0.1, 0.15) is 6.10 Å². The first-order chi connectivity index (χ1) is 10.7. The van der Waals surface area contributed by atoms with Crippen LogP contribution in [0.5, 0.6) is 0 Å². The van der Waals surface area contributed by atoms with Gasteiger partial charge in [-0.15, -0.1) is 0 Å². The summed E-state index contributed by atoms with van der Waals surface area (Å²) in [6.07, 6.45) is 0.240. The Labute approximate surface area is 131 Å². The van der Waals surface area contributed by atoms with E-state index in [1.165, 1.54) is 33.3 Å². The monoisotopic (exact) mass is 291 g/mol. The number of nitrogens with zero attached hydrogens (tertiary/aromatic N) is 1. The van der Waals surface area contributed by atoms with Crippen LogP contribution >= 0.6 is 0 Å². The summed E-state index contributed by atoms with van der Waals surface area (Å²) in [5.74, 6) is 0. The van der Waals surface area contributed by atoms with Crippen LogP contribution in [0, 0.1) is 13.8 Å². The summed E-state index contributed by atoms with van der Waals surface area (Å²) in [4.78, 5) is 0. The fourth-order valence-corrected chi connectivity index (χ4v) is 3.73. The van der Waals surface area contributed by atoms with Crippen LogP contribution in [-0.4, -0.2) is 10.7 Å². The van der Waals surface area contributed by atoms with Crippen molar-refractivity contribution in [2.75, 3.05) is 0 Å². The molecule has 0 fully saturated rings. The van der Waals surface area contributed by atoms with Crippen molar-refractivity contribution in [3.8, 4) is 0 Å². The molecule has 2 aromatic carbocycles. The van der Waals surface area contributed by atoms with E-state index in [1.807, 2.05) is 0 Å². The van der Waals surface area contributed by atoms with E-state index < -0.39 is 0 Å². The van der Waals surface area contributed by atoms with Crippen molar-refractivity contribution in [3.05, 3.63) is 70.9 Å². The number of rotatable bonds is 1. The van der Waals surface area contributed by atoms with Gasteiger partial charge in [0.05, 0.1) is 11.8 Å². The maximum atomic E-state index is 6.37. The predicted molar refractivity (Wildman–Crippen MR) is 90.2 cm³/mol. The number of hydrogen-bond acceptors (Lipinski definition) is 1. The van der Waals surface area contributed by atoms with E-state index in [9.17, 15) is 0 Å². The molecule has 1 aromatic heterocycles. The number of aromatic nitrogens is 1. The first kappa shape index (κ1) is 13.6. The number of benzene rings is 2. The molecule has 2 atom stereocenters. The van der Waals surface area contributed by atoms with Gasteiger partial charge < -0.3 is 9.30 Å². The Morgan fingerprint density at radius 1 is 1.00 bits per heavy atom. The molecule has 112 valence electrons. The van der Waals surface area contributed by atoms with Crippen molar-refractivity contribution < 1.29 is 4.74 Å². The summed E-state index contributed by atoms with van der Waals surface area (Å²) in [6.45, 7) is 7.48. The zero-order chi connectivity index (χ0) is 15.3. The maximum absolute atomic E-state index is 6.37. The summed E-state index contributed by atoms with van der Waals surface area (Å²) >= 11 is 0. The Morgan fingerprint density at radius 3 is 2.55 bits per heavy atom. The molecular weight excluding hydrogens is 270 g/mol. The normalized spacial score (nSPS) is 21.0. The Bertz CT molecular complexity index is 846. The molecule has 2 heteroatoms. The minimum Gasteiger partial charge on any atom is -0.362 e. The molecule has 22 heavy (non-hydrogen) atoms. The molecule has 1 aliphatic heterocycles. The van der Waals surface area contributed by atoms with Crippen LogP contribution in [0.1, 0.15) is 35.4 Å². The Balaban J connectivity index is 2.00. The SMILES string of the molecule is Cc1ccccc1[C@@H]1O[C@@H](C)Cn2c1c(C)c1ccccc12. The van der Waals surface area contributed by atoms with Gasteiger partial charge >= 0.3 is 0 Å². The molecule has 0 bridgehead atoms. The zero-order valence-electron chi connectivity index (χ0n) is 13.3. The van der Waals surface area contributed by atoms with E-state index in [0.717, 1.165) is 6.54 Å². The van der Waals surface area contributed by atoms with Gasteiger partial charge in [-0.1, -0.05) is 42.5 Å². The minimum atomic E-state index is 0.0253. The lowest BCUT2D eigenvalue weighted by Crippen LogP contribution is -2.29. The third kappa shape index (κ3) is 1.91. The molecule has 0 radical (unpaired) electrons. The molecule has 1 aliphatic rings. The van der Waals surface area contributed by atoms with E-state index in [1.54, 1.807) is 0 Å². The molecule has 4 rings (SSSR count). The molecule has 3 aromatic rings. The molecule has 2 nitrogen and oxygen atoms in total. The second-order valence-corrected chi connectivity index (χ2v) is 6.32. The van der Waals surface area contributed by atoms with E-state index in [2.05, 4.69) is 73.9 Å². The summed E-state index contributed by atoms with van der Waals surface area (Å²) in [6, 6.07) is 17.2. The van der Waals surface area contributed by atoms with Crippen molar-refractivity contribution in [2.45, 2.75) is 39.5 Å². The lowest BCUT2D eigenvalue weighted by atomic mass is 9.97. The lowest BCUT2D eigenvalue weighted by molar-refractivity contribution is -0.0148. The van der Waals surface area contributed by atoms with Gasteiger partial charge in [-0.3, -0.25) is 0 Å². The second-order valence-electron chi connectivity index (χ2n) is 6.32. The van der Waals surface area contributed by atoms with Gasteiger partial charge in [0.15, 0.2) is 0 Å². The third-order valence-electron chi connectivity index (χ3n) is 4.80. The molecular formula is C20H21NO. The fraction of sp³-hybridized carbons (Fsp3) is 0.300. The number of ether oxygens (including phenoxy) is 1. The molecule has 0 amide bonds. The number of hydrogen-bond donors (Lipinski definition) is 0. The van der Waals surface area contributed by atoms with Crippen LogP contribution in [-0.2, 0) is 11.3 Å². The lowest BCUT2D eigenvalue weighted by Gasteiger charge is -2.32. The maximum Gasteiger partial charge on any atom is 0.123 e. The molecule has 0 unspecified atom stereocenters. The summed E-state index contributed by atoms with van der Waals surface area (Å²) in [5, 5.41) is 1.34. The summed E-state index contributed by atoms with van der Waals surface area (Å²) in [7, 11) is 0. The molecule has 0 N–H and O–H groups in total. The zero-order valence-corrected chi connectivity index (χ0v) is 13.3. The van der Waals surface area contributed by atoms with Crippen molar-refractivity contribution in [1.29, 1.82) is 0 Å². The summed E-state index contributed by atoms with van der Waals surface area (Å²) < 4.78 is 8.82. The Kier molecular flexibility index (Phi) is 3.08. The van der Waals surface area contributed by atoms with Gasteiger partial charge in [-0.05, 0) is 43.5 Å². The third-order valence-corrected chi connectivity index (χ3v) is 4.80. The van der Waals surface area contributed by atoms with Crippen LogP contribution in [0.4, 0.5) is 0 Å². The number of aryl methyl sites for hydroxylation is 2. The first-order valence-corrected chi connectivity index (χ1v) is 7.95. The standard InChI is InChI=1S/C20H21NO/c1-13-8-4-5-9-16(13)20-19-15(3)17-10-6-7-11-18(17)21(19)12-14(2)22-20/h4-11,14,20H,12H2,1-3H3/t14-,20-/m0/s1. The molecule has 0 aliphatic carbocycles. The molecule has 0 spiro atoms. The van der Waals surface area contributed by atoms with E-state index >= 15 is 0 Å². The van der Waals surface area contributed by atoms with Crippen LogP contribution in [0.2, 0.25) is 0 Å². The van der Waals surface area contributed by atoms with E-state index in [0.29, 0.717) is 0 Å². The Hall–Kier alpha value is -2.06. The van der Waals surface area contributed by atoms with Gasteiger partial charge in [0.2, 0.25) is 0 Å². The van der Waals surface area contributed by atoms with Crippen molar-refractivity contribution >= 4 is 10.9 Å². The highest BCUT2D eigenvalue weighted by molar-refractivity contribution is 5.85. The second kappa shape index (κ2) is 4.99. The van der Waals surface area contributed by atoms with E-state index in [4.69, 9.17) is 4.74 Å². The number of para-hydroxylation sites is 1. The summed E-state index contributed by atoms with van der Waals surface area (Å²) in [5.41, 5.74) is 6.55. The quantitative estimate of drug-likeness (QED) is 0.630. The van der Waals surface area contributed by atoms with Crippen molar-refractivity contribution in [1.82, 2.24) is 4.57 Å². The van der Waals surface area contributed by atoms with Crippen molar-refractivity contribution in [3.63, 3.8) is 0 Å². The van der Waals surface area contributed by atoms with E-state index in [-0.39, 0.29) is 12.2 Å². The highest BCUT2D eigenvalue weighted by Gasteiger charge is 2.31. The van der Waals surface area contributed by atoms with Gasteiger partial charge in [0.25, 0.3) is 0 Å². The topological polar surface area (TPSA) is 14.2 Å². The minimum absolute atomic E-state index is 0.0253. The average molecular weight is 291 g/mol. The van der Waals surface area contributed by atoms with Crippen LogP contribution in [0.25, 0.3) is 10.9 Å². The van der Waals surface area contributed by atoms with Crippen molar-refractivity contribution in [2.24, 2.45) is 0 Å². The van der Waals surface area contributed by atoms with Gasteiger partial charge in [0, 0.05) is 17.4 Å². The molecule has 0 saturated heterocycles. The van der Waals surface area contributed by atoms with Gasteiger partial charge in [-0.2, -0.15) is 0 Å². The fourth-order valence-electron chi connectivity index (χ4n) is 3.73. The Morgan fingerprint density at radius 2 is 1.73 bits per heavy atom. The highest BCUT2D eigenvalue weighted by atomic mass is 16.5. The van der Waals surface area contributed by atoms with Crippen LogP contribution in [0.3, 0.4) is 0 Å².